The number of hydrogen-bond donors (Lipinski definition) is 0. The molecule has 5 heteroatoms. The molecule has 0 radical (unpaired) electrons. The molecule has 0 spiro atoms. The highest BCUT2D eigenvalue weighted by atomic mass is 127. The predicted octanol–water partition coefficient (Wildman–Crippen LogP) is 7.06. The van der Waals surface area contributed by atoms with Gasteiger partial charge in [-0.05, 0) is 109 Å². The fraction of sp³-hybridized carbons (Fsp3) is 0.500. The molecule has 174 valence electrons. The van der Waals surface area contributed by atoms with Crippen LogP contribution in [0.15, 0.2) is 42.5 Å². The summed E-state index contributed by atoms with van der Waals surface area (Å²) in [5.74, 6) is 2.13. The second kappa shape index (κ2) is 11.4. The van der Waals surface area contributed by atoms with Crippen molar-refractivity contribution in [2.75, 3.05) is 18.6 Å². The number of nitriles is 1. The number of hydrogen-bond acceptors (Lipinski definition) is 3. The zero-order valence-corrected chi connectivity index (χ0v) is 21.6. The minimum atomic E-state index is 0.177. The number of halogens is 1. The van der Waals surface area contributed by atoms with E-state index in [9.17, 15) is 10.1 Å². The highest BCUT2D eigenvalue weighted by Gasteiger charge is 2.31. The number of methoxy groups -OCH3 is 1. The first-order chi connectivity index (χ1) is 16.1. The number of nitrogens with zero attached hydrogens (tertiary/aromatic N) is 2. The van der Waals surface area contributed by atoms with Crippen LogP contribution in [-0.2, 0) is 4.79 Å². The summed E-state index contributed by atoms with van der Waals surface area (Å²) in [6, 6.07) is 16.7. The molecule has 2 saturated carbocycles. The molecule has 2 fully saturated rings. The summed E-state index contributed by atoms with van der Waals surface area (Å²) in [6.45, 7) is 0.814. The average Bonchev–Trinajstić information content (AvgIpc) is 2.87. The molecule has 0 saturated heterocycles. The van der Waals surface area contributed by atoms with Gasteiger partial charge in [-0.3, -0.25) is 4.79 Å². The molecule has 33 heavy (non-hydrogen) atoms. The van der Waals surface area contributed by atoms with Crippen molar-refractivity contribution in [1.82, 2.24) is 0 Å². The highest BCUT2D eigenvalue weighted by Crippen LogP contribution is 2.38. The quantitative estimate of drug-likeness (QED) is 0.358. The van der Waals surface area contributed by atoms with Crippen molar-refractivity contribution in [3.63, 3.8) is 0 Å². The molecule has 0 aromatic heterocycles. The van der Waals surface area contributed by atoms with Gasteiger partial charge < -0.3 is 9.64 Å². The molecule has 2 aliphatic carbocycles. The fourth-order valence-electron chi connectivity index (χ4n) is 5.54. The maximum atomic E-state index is 13.6. The Morgan fingerprint density at radius 1 is 1.06 bits per heavy atom. The predicted molar refractivity (Wildman–Crippen MR) is 140 cm³/mol. The Balaban J connectivity index is 1.44. The van der Waals surface area contributed by atoms with Gasteiger partial charge in [0.1, 0.15) is 11.8 Å². The van der Waals surface area contributed by atoms with Gasteiger partial charge in [0.25, 0.3) is 0 Å². The third kappa shape index (κ3) is 5.90. The van der Waals surface area contributed by atoms with E-state index in [2.05, 4.69) is 63.9 Å². The minimum Gasteiger partial charge on any atom is -0.495 e. The molecule has 2 aliphatic rings. The second-order valence-electron chi connectivity index (χ2n) is 9.55. The molecule has 4 rings (SSSR count). The molecular weight excluding hydrogens is 523 g/mol. The largest absolute Gasteiger partial charge is 0.495 e. The Bertz CT molecular complexity index is 1000. The monoisotopic (exact) mass is 556 g/mol. The van der Waals surface area contributed by atoms with Crippen LogP contribution in [0.2, 0.25) is 0 Å². The summed E-state index contributed by atoms with van der Waals surface area (Å²) in [7, 11) is 1.61. The smallest absolute Gasteiger partial charge is 0.230 e. The van der Waals surface area contributed by atoms with Crippen LogP contribution in [0.4, 0.5) is 5.69 Å². The van der Waals surface area contributed by atoms with Gasteiger partial charge in [0.05, 0.1) is 12.7 Å². The third-order valence-electron chi connectivity index (χ3n) is 7.44. The highest BCUT2D eigenvalue weighted by molar-refractivity contribution is 14.1. The molecule has 0 heterocycles. The van der Waals surface area contributed by atoms with Crippen molar-refractivity contribution in [2.45, 2.75) is 63.7 Å². The van der Waals surface area contributed by atoms with Gasteiger partial charge in [-0.15, -0.1) is 0 Å². The van der Waals surface area contributed by atoms with Gasteiger partial charge in [-0.1, -0.05) is 31.4 Å². The third-order valence-corrected chi connectivity index (χ3v) is 8.11. The summed E-state index contributed by atoms with van der Waals surface area (Å²) >= 11 is 2.34. The molecule has 2 aromatic rings. The molecule has 2 aromatic carbocycles. The summed E-state index contributed by atoms with van der Waals surface area (Å²) in [4.78, 5) is 15.7. The fourth-order valence-corrected chi connectivity index (χ4v) is 6.07. The Morgan fingerprint density at radius 2 is 1.82 bits per heavy atom. The molecule has 0 aliphatic heterocycles. The van der Waals surface area contributed by atoms with E-state index in [1.54, 1.807) is 7.11 Å². The van der Waals surface area contributed by atoms with Crippen LogP contribution in [-0.4, -0.2) is 19.6 Å². The average molecular weight is 556 g/mol. The number of carbonyl (C=O) groups is 1. The van der Waals surface area contributed by atoms with E-state index >= 15 is 0 Å². The van der Waals surface area contributed by atoms with Gasteiger partial charge in [0.2, 0.25) is 5.91 Å². The van der Waals surface area contributed by atoms with E-state index in [1.807, 2.05) is 12.1 Å². The summed E-state index contributed by atoms with van der Waals surface area (Å²) < 4.78 is 6.47. The number of amides is 1. The molecule has 1 amide bonds. The molecule has 0 bridgehead atoms. The van der Waals surface area contributed by atoms with Gasteiger partial charge in [-0.25, -0.2) is 0 Å². The minimum absolute atomic E-state index is 0.177. The number of ether oxygens (including phenoxy) is 1. The lowest BCUT2D eigenvalue weighted by Crippen LogP contribution is -2.41. The maximum absolute atomic E-state index is 13.6. The maximum Gasteiger partial charge on any atom is 0.230 e. The van der Waals surface area contributed by atoms with Crippen LogP contribution in [0.5, 0.6) is 5.75 Å². The van der Waals surface area contributed by atoms with E-state index in [4.69, 9.17) is 4.74 Å². The van der Waals surface area contributed by atoms with Crippen molar-refractivity contribution in [3.8, 4) is 11.8 Å². The normalized spacial score (nSPS) is 21.2. The van der Waals surface area contributed by atoms with Crippen LogP contribution in [0.1, 0.15) is 74.8 Å². The topological polar surface area (TPSA) is 53.3 Å². The number of anilines is 1. The van der Waals surface area contributed by atoms with Crippen LogP contribution in [0.25, 0.3) is 0 Å². The molecule has 0 unspecified atom stereocenters. The standard InChI is InChI=1S/C28H33IN2O2/c1-33-27-15-14-23(16-24(27)18-30)21-12-10-20(11-13-21)19-31(26-9-5-8-25(29)17-26)28(32)22-6-3-2-4-7-22/h5,8-9,14-17,20-22H,2-4,6-7,10-13,19H2,1H3. The van der Waals surface area contributed by atoms with Crippen LogP contribution in [0.3, 0.4) is 0 Å². The molecule has 4 nitrogen and oxygen atoms in total. The lowest BCUT2D eigenvalue weighted by atomic mass is 9.78. The zero-order chi connectivity index (χ0) is 23.2. The van der Waals surface area contributed by atoms with E-state index in [-0.39, 0.29) is 5.92 Å². The molecular formula is C28H33IN2O2. The van der Waals surface area contributed by atoms with Crippen LogP contribution in [0, 0.1) is 26.7 Å². The summed E-state index contributed by atoms with van der Waals surface area (Å²) in [5, 5.41) is 9.43. The molecule has 0 atom stereocenters. The van der Waals surface area contributed by atoms with E-state index in [0.717, 1.165) is 50.8 Å². The van der Waals surface area contributed by atoms with Gasteiger partial charge in [0, 0.05) is 21.7 Å². The lowest BCUT2D eigenvalue weighted by Gasteiger charge is -2.35. The lowest BCUT2D eigenvalue weighted by molar-refractivity contribution is -0.123. The van der Waals surface area contributed by atoms with Crippen molar-refractivity contribution >= 4 is 34.2 Å². The summed E-state index contributed by atoms with van der Waals surface area (Å²) in [6.07, 6.45) is 10.1. The van der Waals surface area contributed by atoms with Crippen molar-refractivity contribution in [3.05, 3.63) is 57.2 Å². The first-order valence-corrected chi connectivity index (χ1v) is 13.3. The van der Waals surface area contributed by atoms with Crippen molar-refractivity contribution < 1.29 is 9.53 Å². The van der Waals surface area contributed by atoms with Gasteiger partial charge >= 0.3 is 0 Å². The zero-order valence-electron chi connectivity index (χ0n) is 19.4. The van der Waals surface area contributed by atoms with E-state index < -0.39 is 0 Å². The number of benzene rings is 2. The Morgan fingerprint density at radius 3 is 2.48 bits per heavy atom. The Labute approximate surface area is 211 Å². The first kappa shape index (κ1) is 24.1. The van der Waals surface area contributed by atoms with Gasteiger partial charge in [-0.2, -0.15) is 5.26 Å². The molecule has 0 N–H and O–H groups in total. The number of rotatable bonds is 6. The summed E-state index contributed by atoms with van der Waals surface area (Å²) in [5.41, 5.74) is 2.90. The SMILES string of the molecule is COc1ccc(C2CCC(CN(C(=O)C3CCCCC3)c3cccc(I)c3)CC2)cc1C#N. The Kier molecular flexibility index (Phi) is 8.29. The second-order valence-corrected chi connectivity index (χ2v) is 10.8. The Hall–Kier alpha value is -2.07. The van der Waals surface area contributed by atoms with Crippen molar-refractivity contribution in [2.24, 2.45) is 11.8 Å². The van der Waals surface area contributed by atoms with Gasteiger partial charge in [0.15, 0.2) is 0 Å². The number of carbonyl (C=O) groups excluding carboxylic acids is 1. The van der Waals surface area contributed by atoms with E-state index in [1.165, 1.54) is 28.4 Å². The first-order valence-electron chi connectivity index (χ1n) is 12.2. The van der Waals surface area contributed by atoms with E-state index in [0.29, 0.717) is 29.1 Å². The van der Waals surface area contributed by atoms with Crippen molar-refractivity contribution in [1.29, 1.82) is 5.26 Å². The van der Waals surface area contributed by atoms with Crippen LogP contribution < -0.4 is 9.64 Å². The van der Waals surface area contributed by atoms with Crippen LogP contribution >= 0.6 is 22.6 Å².